The van der Waals surface area contributed by atoms with E-state index < -0.39 is 65.7 Å². The van der Waals surface area contributed by atoms with Crippen LogP contribution >= 0.6 is 0 Å². The molecular weight excluding hydrogens is 682 g/mol. The lowest BCUT2D eigenvalue weighted by Crippen LogP contribution is -2.51. The fourth-order valence-corrected chi connectivity index (χ4v) is 5.14. The third-order valence-corrected chi connectivity index (χ3v) is 7.57. The van der Waals surface area contributed by atoms with Crippen LogP contribution in [0, 0.1) is 5.92 Å². The molecule has 3 atom stereocenters. The Bertz CT molecular complexity index is 1570. The van der Waals surface area contributed by atoms with Crippen molar-refractivity contribution in [1.82, 2.24) is 26.3 Å². The Kier molecular flexibility index (Phi) is 16.6. The third kappa shape index (κ3) is 13.3. The van der Waals surface area contributed by atoms with Crippen LogP contribution in [0.3, 0.4) is 0 Å². The number of nitrogens with zero attached hydrogens (tertiary/aromatic N) is 1. The van der Waals surface area contributed by atoms with E-state index in [1.165, 1.54) is 30.3 Å². The van der Waals surface area contributed by atoms with Crippen molar-refractivity contribution >= 4 is 42.2 Å². The van der Waals surface area contributed by atoms with Crippen molar-refractivity contribution in [1.29, 1.82) is 0 Å². The highest BCUT2D eigenvalue weighted by molar-refractivity contribution is 6.00. The third-order valence-electron chi connectivity index (χ3n) is 7.57. The summed E-state index contributed by atoms with van der Waals surface area (Å²) in [5.74, 6) is -5.46. The van der Waals surface area contributed by atoms with Gasteiger partial charge < -0.3 is 45.5 Å². The van der Waals surface area contributed by atoms with Gasteiger partial charge in [-0.1, -0.05) is 39.2 Å². The molecule has 17 nitrogen and oxygen atoms in total. The van der Waals surface area contributed by atoms with Crippen LogP contribution in [0.1, 0.15) is 101 Å². The first-order valence-corrected chi connectivity index (χ1v) is 17.0. The summed E-state index contributed by atoms with van der Waals surface area (Å²) in [6, 6.07) is 4.75. The van der Waals surface area contributed by atoms with Gasteiger partial charge in [-0.25, -0.2) is 9.59 Å². The Balaban J connectivity index is 2.15. The van der Waals surface area contributed by atoms with E-state index in [2.05, 4.69) is 21.3 Å². The lowest BCUT2D eigenvalue weighted by Gasteiger charge is -2.32. The van der Waals surface area contributed by atoms with Crippen LogP contribution in [0.5, 0.6) is 5.75 Å². The van der Waals surface area contributed by atoms with Crippen LogP contribution in [0.15, 0.2) is 34.7 Å². The maximum Gasteiger partial charge on any atom is 0.432 e. The molecule has 1 heterocycles. The first-order chi connectivity index (χ1) is 24.5. The van der Waals surface area contributed by atoms with Crippen molar-refractivity contribution in [2.45, 2.75) is 97.7 Å². The molecule has 0 spiro atoms. The Hall–Kier alpha value is -5.61. The van der Waals surface area contributed by atoms with Gasteiger partial charge in [-0.15, -0.1) is 0 Å². The molecule has 1 aromatic carbocycles. The van der Waals surface area contributed by atoms with Crippen molar-refractivity contribution in [3.63, 3.8) is 0 Å². The number of amides is 5. The topological polar surface area (TPSA) is 243 Å². The molecule has 5 amide bonds. The number of ether oxygens (including phenoxy) is 1. The summed E-state index contributed by atoms with van der Waals surface area (Å²) in [6.45, 7) is 10.6. The number of furan rings is 1. The number of carbonyl (C=O) groups excluding carboxylic acids is 5. The van der Waals surface area contributed by atoms with Crippen LogP contribution in [0.2, 0.25) is 0 Å². The molecule has 6 N–H and O–H groups in total. The van der Waals surface area contributed by atoms with E-state index in [9.17, 15) is 38.7 Å². The van der Waals surface area contributed by atoms with Gasteiger partial charge in [0.1, 0.15) is 17.6 Å². The van der Waals surface area contributed by atoms with E-state index in [1.54, 1.807) is 34.6 Å². The molecular formula is C35H49N5O12. The van der Waals surface area contributed by atoms with Crippen molar-refractivity contribution in [2.24, 2.45) is 5.92 Å². The van der Waals surface area contributed by atoms with Gasteiger partial charge in [0.05, 0.1) is 37.2 Å². The lowest BCUT2D eigenvalue weighted by molar-refractivity contribution is -0.169. The Morgan fingerprint density at radius 3 is 2.25 bits per heavy atom. The molecule has 52 heavy (non-hydrogen) atoms. The van der Waals surface area contributed by atoms with Crippen molar-refractivity contribution in [2.75, 3.05) is 13.3 Å². The summed E-state index contributed by atoms with van der Waals surface area (Å²) in [7, 11) is 0. The van der Waals surface area contributed by atoms with Crippen LogP contribution in [-0.4, -0.2) is 88.3 Å². The zero-order valence-corrected chi connectivity index (χ0v) is 30.3. The Morgan fingerprint density at radius 1 is 0.962 bits per heavy atom. The Labute approximate surface area is 301 Å². The zero-order valence-electron chi connectivity index (χ0n) is 30.3. The van der Waals surface area contributed by atoms with Crippen molar-refractivity contribution in [3.8, 4) is 17.1 Å². The molecule has 0 aliphatic heterocycles. The fourth-order valence-electron chi connectivity index (χ4n) is 5.14. The Morgan fingerprint density at radius 2 is 1.67 bits per heavy atom. The van der Waals surface area contributed by atoms with Gasteiger partial charge in [-0.2, -0.15) is 5.06 Å². The molecule has 3 unspecified atom stereocenters. The number of carboxylic acids is 2. The number of aliphatic carboxylic acids is 2. The van der Waals surface area contributed by atoms with Gasteiger partial charge in [0.2, 0.25) is 12.3 Å². The lowest BCUT2D eigenvalue weighted by atomic mass is 9.90. The van der Waals surface area contributed by atoms with Gasteiger partial charge in [0.15, 0.2) is 5.76 Å². The standard InChI is InChI=1S/C35H49N5O12/c1-7-10-11-12-22(25(8-2)40(20-41)52-34(49)39-35(4,5)6)30(44)36-19-37-32(46)27-16-15-26(51-27)21-13-14-23(28(17-21)50-9-3)31(45)38-24(33(47)48)18-29(42)43/h13-17,20,22,24-25H,7-12,18-19H2,1-6H3,(H,36,44)(H,37,46)(H,38,45)(H,39,49)(H,42,43)(H,47,48). The number of hydroxylamine groups is 2. The predicted octanol–water partition coefficient (Wildman–Crippen LogP) is 3.68. The smallest absolute Gasteiger partial charge is 0.432 e. The zero-order chi connectivity index (χ0) is 39.0. The maximum absolute atomic E-state index is 13.4. The summed E-state index contributed by atoms with van der Waals surface area (Å²) in [6.07, 6.45) is 1.81. The molecule has 1 aromatic heterocycles. The van der Waals surface area contributed by atoms with Gasteiger partial charge in [-0.3, -0.25) is 24.0 Å². The molecule has 0 radical (unpaired) electrons. The summed E-state index contributed by atoms with van der Waals surface area (Å²) >= 11 is 0. The van der Waals surface area contributed by atoms with E-state index in [-0.39, 0.29) is 36.1 Å². The summed E-state index contributed by atoms with van der Waals surface area (Å²) in [5.41, 5.74) is -0.253. The first kappa shape index (κ1) is 42.6. The molecule has 0 aliphatic carbocycles. The van der Waals surface area contributed by atoms with Gasteiger partial charge >= 0.3 is 18.0 Å². The second kappa shape index (κ2) is 20.3. The number of nitrogens with one attached hydrogen (secondary N) is 4. The normalized spacial score (nSPS) is 12.7. The van der Waals surface area contributed by atoms with Crippen LogP contribution in [0.25, 0.3) is 11.3 Å². The quantitative estimate of drug-likeness (QED) is 0.0466. The molecule has 2 rings (SSSR count). The second-order valence-corrected chi connectivity index (χ2v) is 12.8. The maximum atomic E-state index is 13.4. The number of hydrogen-bond donors (Lipinski definition) is 6. The monoisotopic (exact) mass is 731 g/mol. The molecule has 2 aromatic rings. The number of rotatable bonds is 21. The second-order valence-electron chi connectivity index (χ2n) is 12.8. The van der Waals surface area contributed by atoms with Gasteiger partial charge in [0.25, 0.3) is 11.8 Å². The minimum absolute atomic E-state index is 0.0446. The van der Waals surface area contributed by atoms with Gasteiger partial charge in [-0.05, 0) is 64.8 Å². The average molecular weight is 732 g/mol. The highest BCUT2D eigenvalue weighted by atomic mass is 16.7. The SMILES string of the molecule is CCCCCC(C(=O)NCNC(=O)c1ccc(-c2ccc(C(=O)NC(CC(=O)O)C(=O)O)c(OCC)c2)o1)C(CC)N(C=O)OC(=O)NC(C)(C)C. The molecule has 0 saturated heterocycles. The highest BCUT2D eigenvalue weighted by Gasteiger charge is 2.34. The molecule has 286 valence electrons. The van der Waals surface area contributed by atoms with E-state index >= 15 is 0 Å². The fraction of sp³-hybridized carbons (Fsp3) is 0.514. The van der Waals surface area contributed by atoms with E-state index in [0.29, 0.717) is 31.2 Å². The number of carboxylic acid groups (broad SMARTS) is 2. The number of carbonyl (C=O) groups is 7. The van der Waals surface area contributed by atoms with E-state index in [4.69, 9.17) is 19.1 Å². The van der Waals surface area contributed by atoms with Crippen molar-refractivity contribution in [3.05, 3.63) is 41.7 Å². The van der Waals surface area contributed by atoms with Crippen molar-refractivity contribution < 1.29 is 57.8 Å². The van der Waals surface area contributed by atoms with Crippen LogP contribution in [-0.2, 0) is 24.0 Å². The first-order valence-electron chi connectivity index (χ1n) is 17.0. The minimum Gasteiger partial charge on any atom is -0.493 e. The molecule has 0 aliphatic rings. The average Bonchev–Trinajstić information content (AvgIpc) is 3.56. The summed E-state index contributed by atoms with van der Waals surface area (Å²) in [5, 5.41) is 29.1. The summed E-state index contributed by atoms with van der Waals surface area (Å²) in [4.78, 5) is 91.3. The molecule has 17 heteroatoms. The summed E-state index contributed by atoms with van der Waals surface area (Å²) < 4.78 is 11.3. The molecule has 0 bridgehead atoms. The number of benzene rings is 1. The highest BCUT2D eigenvalue weighted by Crippen LogP contribution is 2.29. The van der Waals surface area contributed by atoms with Crippen LogP contribution < -0.4 is 26.0 Å². The van der Waals surface area contributed by atoms with Gasteiger partial charge in [0, 0.05) is 11.1 Å². The van der Waals surface area contributed by atoms with E-state index in [1.807, 2.05) is 6.92 Å². The molecule has 0 saturated carbocycles. The molecule has 0 fully saturated rings. The number of hydrogen-bond acceptors (Lipinski definition) is 10. The van der Waals surface area contributed by atoms with E-state index in [0.717, 1.165) is 17.9 Å². The number of unbranched alkanes of at least 4 members (excludes halogenated alkanes) is 2. The largest absolute Gasteiger partial charge is 0.493 e. The minimum atomic E-state index is -1.67. The van der Waals surface area contributed by atoms with Crippen LogP contribution in [0.4, 0.5) is 4.79 Å². The predicted molar refractivity (Wildman–Crippen MR) is 186 cm³/mol.